The highest BCUT2D eigenvalue weighted by atomic mass is 35.7. The third-order valence-electron chi connectivity index (χ3n) is 1.07. The summed E-state index contributed by atoms with van der Waals surface area (Å²) in [5.74, 6) is 0. The molecular formula is C6H12ClNO5S. The van der Waals surface area contributed by atoms with Gasteiger partial charge < -0.3 is 9.47 Å². The molecule has 0 fully saturated rings. The average molecular weight is 246 g/mol. The molecule has 1 atom stereocenters. The van der Waals surface area contributed by atoms with E-state index in [1.807, 2.05) is 0 Å². The van der Waals surface area contributed by atoms with Crippen molar-refractivity contribution >= 4 is 26.0 Å². The molecule has 0 aromatic carbocycles. The van der Waals surface area contributed by atoms with E-state index in [0.29, 0.717) is 6.61 Å². The van der Waals surface area contributed by atoms with Gasteiger partial charge in [0.15, 0.2) is 0 Å². The normalized spacial score (nSPS) is 13.4. The molecule has 0 aliphatic carbocycles. The lowest BCUT2D eigenvalue weighted by atomic mass is 10.4. The largest absolute Gasteiger partial charge is 0.443 e. The fraction of sp³-hybridized carbons (Fsp3) is 0.833. The third-order valence-corrected chi connectivity index (χ3v) is 1.71. The van der Waals surface area contributed by atoms with Crippen molar-refractivity contribution in [1.82, 2.24) is 4.72 Å². The summed E-state index contributed by atoms with van der Waals surface area (Å²) in [5.41, 5.74) is 0. The van der Waals surface area contributed by atoms with Crippen LogP contribution < -0.4 is 4.72 Å². The monoisotopic (exact) mass is 245 g/mol. The Balaban J connectivity index is 3.83. The highest BCUT2D eigenvalue weighted by Gasteiger charge is 2.14. The van der Waals surface area contributed by atoms with Crippen LogP contribution in [0.5, 0.6) is 0 Å². The number of ether oxygens (including phenoxy) is 2. The van der Waals surface area contributed by atoms with Gasteiger partial charge in [-0.2, -0.15) is 8.42 Å². The fourth-order valence-corrected chi connectivity index (χ4v) is 1.06. The van der Waals surface area contributed by atoms with Crippen molar-refractivity contribution in [3.8, 4) is 0 Å². The van der Waals surface area contributed by atoms with Crippen molar-refractivity contribution in [1.29, 1.82) is 0 Å². The first-order chi connectivity index (χ1) is 6.35. The molecule has 1 N–H and O–H groups in total. The predicted octanol–water partition coefficient (Wildman–Crippen LogP) is 0.621. The molecule has 0 heterocycles. The Labute approximate surface area is 87.1 Å². The van der Waals surface area contributed by atoms with Crippen molar-refractivity contribution in [2.75, 3.05) is 13.2 Å². The Morgan fingerprint density at radius 2 is 2.14 bits per heavy atom. The Kier molecular flexibility index (Phi) is 5.82. The molecule has 0 saturated heterocycles. The number of rotatable bonds is 5. The van der Waals surface area contributed by atoms with Crippen LogP contribution in [0, 0.1) is 0 Å². The van der Waals surface area contributed by atoms with Gasteiger partial charge in [0.25, 0.3) is 0 Å². The zero-order valence-corrected chi connectivity index (χ0v) is 9.39. The van der Waals surface area contributed by atoms with E-state index in [-0.39, 0.29) is 6.61 Å². The maximum atomic E-state index is 10.8. The van der Waals surface area contributed by atoms with Crippen molar-refractivity contribution in [2.24, 2.45) is 0 Å². The van der Waals surface area contributed by atoms with Gasteiger partial charge in [0.05, 0.1) is 6.61 Å². The van der Waals surface area contributed by atoms with E-state index in [2.05, 4.69) is 4.74 Å². The molecule has 0 aliphatic heterocycles. The fourth-order valence-electron chi connectivity index (χ4n) is 0.624. The molecule has 0 radical (unpaired) electrons. The van der Waals surface area contributed by atoms with Crippen LogP contribution in [-0.4, -0.2) is 33.8 Å². The minimum Gasteiger partial charge on any atom is -0.443 e. The smallest absolute Gasteiger partial charge is 0.422 e. The molecule has 0 aromatic heterocycles. The summed E-state index contributed by atoms with van der Waals surface area (Å²) in [5, 5.41) is 0. The zero-order chi connectivity index (χ0) is 11.2. The minimum absolute atomic E-state index is 0.201. The number of hydrogen-bond donors (Lipinski definition) is 1. The topological polar surface area (TPSA) is 81.7 Å². The van der Waals surface area contributed by atoms with Gasteiger partial charge in [0, 0.05) is 17.3 Å². The molecule has 0 aromatic rings. The van der Waals surface area contributed by atoms with Crippen molar-refractivity contribution in [3.05, 3.63) is 0 Å². The first-order valence-corrected chi connectivity index (χ1v) is 6.17. The molecule has 0 bridgehead atoms. The molecule has 6 nitrogen and oxygen atoms in total. The van der Waals surface area contributed by atoms with Gasteiger partial charge in [0.1, 0.15) is 6.10 Å². The van der Waals surface area contributed by atoms with E-state index in [1.165, 1.54) is 4.72 Å². The minimum atomic E-state index is -4.08. The Morgan fingerprint density at radius 3 is 2.57 bits per heavy atom. The molecule has 0 rings (SSSR count). The van der Waals surface area contributed by atoms with Gasteiger partial charge >= 0.3 is 15.3 Å². The number of carbonyl (C=O) groups excluding carboxylic acids is 1. The number of amides is 1. The van der Waals surface area contributed by atoms with Crippen molar-refractivity contribution in [3.63, 3.8) is 0 Å². The van der Waals surface area contributed by atoms with Gasteiger partial charge in [-0.05, 0) is 13.8 Å². The summed E-state index contributed by atoms with van der Waals surface area (Å²) in [6.07, 6.45) is -1.65. The lowest BCUT2D eigenvalue weighted by Gasteiger charge is -2.12. The van der Waals surface area contributed by atoms with E-state index < -0.39 is 21.4 Å². The summed E-state index contributed by atoms with van der Waals surface area (Å²) in [6.45, 7) is 4.04. The second kappa shape index (κ2) is 6.05. The molecule has 0 aliphatic rings. The van der Waals surface area contributed by atoms with Crippen LogP contribution in [0.15, 0.2) is 0 Å². The van der Waals surface area contributed by atoms with E-state index in [1.54, 1.807) is 13.8 Å². The second-order valence-electron chi connectivity index (χ2n) is 2.42. The van der Waals surface area contributed by atoms with Gasteiger partial charge in [-0.3, -0.25) is 0 Å². The molecule has 14 heavy (non-hydrogen) atoms. The summed E-state index contributed by atoms with van der Waals surface area (Å²) in [6, 6.07) is 0. The van der Waals surface area contributed by atoms with Crippen LogP contribution in [0.1, 0.15) is 13.8 Å². The van der Waals surface area contributed by atoms with E-state index in [0.717, 1.165) is 0 Å². The molecular weight excluding hydrogens is 234 g/mol. The number of halogens is 1. The molecule has 0 saturated carbocycles. The lowest BCUT2D eigenvalue weighted by molar-refractivity contribution is 0.0354. The van der Waals surface area contributed by atoms with Gasteiger partial charge in [0.2, 0.25) is 0 Å². The number of hydrogen-bond acceptors (Lipinski definition) is 5. The first-order valence-electron chi connectivity index (χ1n) is 3.86. The molecule has 1 unspecified atom stereocenters. The Morgan fingerprint density at radius 1 is 1.57 bits per heavy atom. The highest BCUT2D eigenvalue weighted by molar-refractivity contribution is 8.12. The summed E-state index contributed by atoms with van der Waals surface area (Å²) in [7, 11) is 0.662. The third kappa shape index (κ3) is 8.09. The van der Waals surface area contributed by atoms with Crippen LogP contribution in [0.25, 0.3) is 0 Å². The van der Waals surface area contributed by atoms with E-state index in [9.17, 15) is 13.2 Å². The van der Waals surface area contributed by atoms with Crippen LogP contribution in [0.4, 0.5) is 4.79 Å². The zero-order valence-electron chi connectivity index (χ0n) is 7.82. The SMILES string of the molecule is CCOCC(C)OC(=O)NS(=O)(=O)Cl. The Hall–Kier alpha value is -0.530. The van der Waals surface area contributed by atoms with Gasteiger partial charge in [-0.15, -0.1) is 0 Å². The van der Waals surface area contributed by atoms with Crippen LogP contribution >= 0.6 is 10.7 Å². The van der Waals surface area contributed by atoms with Gasteiger partial charge in [-0.25, -0.2) is 9.52 Å². The van der Waals surface area contributed by atoms with Crippen LogP contribution in [0.3, 0.4) is 0 Å². The quantitative estimate of drug-likeness (QED) is 0.718. The highest BCUT2D eigenvalue weighted by Crippen LogP contribution is 1.96. The number of nitrogens with one attached hydrogen (secondary N) is 1. The molecule has 84 valence electrons. The summed E-state index contributed by atoms with van der Waals surface area (Å²) >= 11 is 0. The lowest BCUT2D eigenvalue weighted by Crippen LogP contribution is -2.31. The van der Waals surface area contributed by atoms with Gasteiger partial charge in [-0.1, -0.05) is 0 Å². The second-order valence-corrected chi connectivity index (χ2v) is 4.71. The maximum Gasteiger partial charge on any atom is 0.422 e. The standard InChI is InChI=1S/C6H12ClNO5S/c1-3-12-4-5(2)13-6(9)8-14(7,10)11/h5H,3-4H2,1-2H3,(H,8,9). The predicted molar refractivity (Wildman–Crippen MR) is 50.3 cm³/mol. The Bertz CT molecular complexity index is 278. The molecule has 0 spiro atoms. The number of carbonyl (C=O) groups is 1. The van der Waals surface area contributed by atoms with Crippen LogP contribution in [0.2, 0.25) is 0 Å². The van der Waals surface area contributed by atoms with E-state index >= 15 is 0 Å². The van der Waals surface area contributed by atoms with Crippen LogP contribution in [-0.2, 0) is 18.7 Å². The van der Waals surface area contributed by atoms with E-state index in [4.69, 9.17) is 15.4 Å². The maximum absolute atomic E-state index is 10.8. The summed E-state index contributed by atoms with van der Waals surface area (Å²) in [4.78, 5) is 10.8. The summed E-state index contributed by atoms with van der Waals surface area (Å²) < 4.78 is 31.7. The first kappa shape index (κ1) is 13.5. The average Bonchev–Trinajstić information content (AvgIpc) is 1.96. The van der Waals surface area contributed by atoms with Crippen molar-refractivity contribution in [2.45, 2.75) is 20.0 Å². The molecule has 8 heteroatoms. The molecule has 1 amide bonds. The van der Waals surface area contributed by atoms with Crippen molar-refractivity contribution < 1.29 is 22.7 Å².